The summed E-state index contributed by atoms with van der Waals surface area (Å²) in [4.78, 5) is 12.2. The van der Waals surface area contributed by atoms with Crippen molar-refractivity contribution in [3.63, 3.8) is 0 Å². The van der Waals surface area contributed by atoms with Crippen molar-refractivity contribution in [3.05, 3.63) is 64.8 Å². The van der Waals surface area contributed by atoms with Gasteiger partial charge in [0.15, 0.2) is 5.76 Å². The third kappa shape index (κ3) is 3.94. The van der Waals surface area contributed by atoms with Gasteiger partial charge in [0.25, 0.3) is 10.0 Å². The largest absolute Gasteiger partial charge is 0.354 e. The molecular weight excluding hydrogens is 422 g/mol. The third-order valence-corrected chi connectivity index (χ3v) is 5.36. The maximum absolute atomic E-state index is 12.2. The minimum atomic E-state index is -3.98. The van der Waals surface area contributed by atoms with E-state index in [-0.39, 0.29) is 4.90 Å². The van der Waals surface area contributed by atoms with Crippen molar-refractivity contribution in [2.75, 3.05) is 5.32 Å². The Morgan fingerprint density at radius 2 is 1.73 bits per heavy atom. The number of benzene rings is 2. The number of nitrogens with zero attached hydrogens (tertiary/aromatic N) is 1. The van der Waals surface area contributed by atoms with Gasteiger partial charge in [-0.3, -0.25) is 0 Å². The number of hydrogen-bond donors (Lipinski definition) is 2. The lowest BCUT2D eigenvalue weighted by molar-refractivity contribution is 0.256. The molecule has 2 N–H and O–H groups in total. The lowest BCUT2D eigenvalue weighted by atomic mass is 10.1. The van der Waals surface area contributed by atoms with Gasteiger partial charge < -0.3 is 9.84 Å². The summed E-state index contributed by atoms with van der Waals surface area (Å²) in [5.74, 6) is 0.335. The number of aryl methyl sites for hydroxylation is 1. The molecule has 9 heteroatoms. The molecule has 134 valence electrons. The first-order chi connectivity index (χ1) is 12.4. The summed E-state index contributed by atoms with van der Waals surface area (Å²) < 4.78 is 32.6. The number of rotatable bonds is 4. The van der Waals surface area contributed by atoms with Crippen molar-refractivity contribution in [2.24, 2.45) is 0 Å². The maximum Gasteiger partial charge on any atom is 0.333 e. The van der Waals surface area contributed by atoms with E-state index in [1.807, 2.05) is 16.9 Å². The van der Waals surface area contributed by atoms with Crippen molar-refractivity contribution in [3.8, 4) is 11.3 Å². The van der Waals surface area contributed by atoms with Crippen LogP contribution in [0.15, 0.2) is 68.5 Å². The van der Waals surface area contributed by atoms with Gasteiger partial charge in [-0.1, -0.05) is 39.3 Å². The quantitative estimate of drug-likeness (QED) is 0.646. The summed E-state index contributed by atoms with van der Waals surface area (Å²) in [5, 5.41) is 6.35. The van der Waals surface area contributed by atoms with E-state index in [1.165, 1.54) is 12.1 Å². The Balaban J connectivity index is 1.82. The van der Waals surface area contributed by atoms with Crippen LogP contribution >= 0.6 is 15.9 Å². The lowest BCUT2D eigenvalue weighted by Crippen LogP contribution is -2.34. The first-order valence-electron chi connectivity index (χ1n) is 7.48. The van der Waals surface area contributed by atoms with E-state index >= 15 is 0 Å². The van der Waals surface area contributed by atoms with E-state index in [4.69, 9.17) is 4.52 Å². The van der Waals surface area contributed by atoms with Crippen molar-refractivity contribution < 1.29 is 17.7 Å². The predicted octanol–water partition coefficient (Wildman–Crippen LogP) is 3.92. The molecule has 0 saturated carbocycles. The van der Waals surface area contributed by atoms with Crippen molar-refractivity contribution in [1.29, 1.82) is 0 Å². The molecule has 0 aliphatic carbocycles. The van der Waals surface area contributed by atoms with Gasteiger partial charge in [0.1, 0.15) is 11.4 Å². The van der Waals surface area contributed by atoms with Gasteiger partial charge in [0, 0.05) is 10.0 Å². The summed E-state index contributed by atoms with van der Waals surface area (Å²) >= 11 is 3.34. The molecule has 0 saturated heterocycles. The van der Waals surface area contributed by atoms with E-state index in [1.54, 1.807) is 37.3 Å². The van der Waals surface area contributed by atoms with Gasteiger partial charge in [0.05, 0.1) is 4.90 Å². The van der Waals surface area contributed by atoms with Crippen LogP contribution in [0.3, 0.4) is 0 Å². The topological polar surface area (TPSA) is 101 Å². The number of carbonyl (C=O) groups is 1. The fraction of sp³-hybridized carbons (Fsp3) is 0.0588. The average Bonchev–Trinajstić information content (AvgIpc) is 2.96. The van der Waals surface area contributed by atoms with Crippen LogP contribution in [-0.2, 0) is 10.0 Å². The van der Waals surface area contributed by atoms with Crippen LogP contribution in [0, 0.1) is 6.92 Å². The SMILES string of the molecule is Cc1noc(-c2ccc(Br)cc2)c1NC(=O)NS(=O)(=O)c1ccccc1. The van der Waals surface area contributed by atoms with Crippen molar-refractivity contribution >= 4 is 37.7 Å². The highest BCUT2D eigenvalue weighted by molar-refractivity contribution is 9.10. The number of urea groups is 1. The number of hydrogen-bond acceptors (Lipinski definition) is 5. The zero-order valence-electron chi connectivity index (χ0n) is 13.6. The molecule has 0 bridgehead atoms. The molecule has 3 rings (SSSR count). The summed E-state index contributed by atoms with van der Waals surface area (Å²) in [6.45, 7) is 1.65. The van der Waals surface area contributed by atoms with Crippen LogP contribution in [0.25, 0.3) is 11.3 Å². The molecule has 0 atom stereocenters. The van der Waals surface area contributed by atoms with Crippen LogP contribution in [0.1, 0.15) is 5.69 Å². The Morgan fingerprint density at radius 3 is 2.38 bits per heavy atom. The molecule has 0 aliphatic rings. The van der Waals surface area contributed by atoms with E-state index in [0.29, 0.717) is 22.7 Å². The molecule has 0 spiro atoms. The highest BCUT2D eigenvalue weighted by Gasteiger charge is 2.21. The number of halogens is 1. The van der Waals surface area contributed by atoms with Gasteiger partial charge in [-0.05, 0) is 43.3 Å². The maximum atomic E-state index is 12.2. The summed E-state index contributed by atoms with van der Waals surface area (Å²) in [6, 6.07) is 13.9. The number of amides is 2. The Kier molecular flexibility index (Phi) is 5.10. The second-order valence-corrected chi connectivity index (χ2v) is 7.95. The molecule has 26 heavy (non-hydrogen) atoms. The van der Waals surface area contributed by atoms with Crippen LogP contribution in [-0.4, -0.2) is 19.6 Å². The molecule has 2 amide bonds. The number of carbonyl (C=O) groups excluding carboxylic acids is 1. The molecule has 7 nitrogen and oxygen atoms in total. The highest BCUT2D eigenvalue weighted by atomic mass is 79.9. The molecule has 0 radical (unpaired) electrons. The fourth-order valence-corrected chi connectivity index (χ4v) is 3.43. The molecule has 0 fully saturated rings. The highest BCUT2D eigenvalue weighted by Crippen LogP contribution is 2.31. The Labute approximate surface area is 158 Å². The monoisotopic (exact) mass is 435 g/mol. The summed E-state index contributed by atoms with van der Waals surface area (Å²) in [7, 11) is -3.98. The first kappa shape index (κ1) is 18.2. The minimum Gasteiger partial charge on any atom is -0.354 e. The molecular formula is C17H14BrN3O4S. The molecule has 3 aromatic rings. The number of nitrogens with one attached hydrogen (secondary N) is 2. The number of aromatic nitrogens is 1. The number of sulfonamides is 1. The lowest BCUT2D eigenvalue weighted by Gasteiger charge is -2.09. The molecule has 1 aromatic heterocycles. The fourth-order valence-electron chi connectivity index (χ4n) is 2.23. The van der Waals surface area contributed by atoms with Gasteiger partial charge in [-0.25, -0.2) is 17.9 Å². The number of anilines is 1. The second-order valence-electron chi connectivity index (χ2n) is 5.35. The zero-order valence-corrected chi connectivity index (χ0v) is 16.0. The van der Waals surface area contributed by atoms with Gasteiger partial charge in [-0.15, -0.1) is 0 Å². The smallest absolute Gasteiger partial charge is 0.333 e. The van der Waals surface area contributed by atoms with E-state index in [9.17, 15) is 13.2 Å². The zero-order chi connectivity index (χ0) is 18.7. The van der Waals surface area contributed by atoms with Gasteiger partial charge in [0.2, 0.25) is 0 Å². The van der Waals surface area contributed by atoms with Crippen molar-refractivity contribution in [2.45, 2.75) is 11.8 Å². The normalized spacial score (nSPS) is 11.2. The Morgan fingerprint density at radius 1 is 1.08 bits per heavy atom. The summed E-state index contributed by atoms with van der Waals surface area (Å²) in [5.41, 5.74) is 1.42. The minimum absolute atomic E-state index is 0.00896. The molecule has 0 unspecified atom stereocenters. The van der Waals surface area contributed by atoms with E-state index < -0.39 is 16.1 Å². The predicted molar refractivity (Wildman–Crippen MR) is 100 cm³/mol. The molecule has 0 aliphatic heterocycles. The van der Waals surface area contributed by atoms with E-state index in [2.05, 4.69) is 26.4 Å². The van der Waals surface area contributed by atoms with Crippen LogP contribution in [0.5, 0.6) is 0 Å². The van der Waals surface area contributed by atoms with Crippen LogP contribution in [0.4, 0.5) is 10.5 Å². The standard InChI is InChI=1S/C17H14BrN3O4S/c1-11-15(16(25-20-11)12-7-9-13(18)10-8-12)19-17(22)21-26(23,24)14-5-3-2-4-6-14/h2-10H,1H3,(H2,19,21,22). The Hall–Kier alpha value is -2.65. The van der Waals surface area contributed by atoms with Gasteiger partial charge >= 0.3 is 6.03 Å². The molecule has 1 heterocycles. The Bertz CT molecular complexity index is 1030. The van der Waals surface area contributed by atoms with Crippen LogP contribution < -0.4 is 10.0 Å². The van der Waals surface area contributed by atoms with Crippen LogP contribution in [0.2, 0.25) is 0 Å². The average molecular weight is 436 g/mol. The van der Waals surface area contributed by atoms with Crippen molar-refractivity contribution in [1.82, 2.24) is 9.88 Å². The van der Waals surface area contributed by atoms with Gasteiger partial charge in [-0.2, -0.15) is 0 Å². The summed E-state index contributed by atoms with van der Waals surface area (Å²) in [6.07, 6.45) is 0. The first-order valence-corrected chi connectivity index (χ1v) is 9.75. The van der Waals surface area contributed by atoms with E-state index in [0.717, 1.165) is 4.47 Å². The second kappa shape index (κ2) is 7.30. The molecule has 2 aromatic carbocycles. The third-order valence-electron chi connectivity index (χ3n) is 3.49.